The number of carbonyl (C=O) groups excluding carboxylic acids is 3. The monoisotopic (exact) mass is 471 g/mol. The number of carbonyl (C=O) groups is 4. The van der Waals surface area contributed by atoms with Crippen LogP contribution in [0.3, 0.4) is 0 Å². The third-order valence-electron chi connectivity index (χ3n) is 5.70. The zero-order chi connectivity index (χ0) is 24.4. The summed E-state index contributed by atoms with van der Waals surface area (Å²) in [6.07, 6.45) is 0.0151. The first kappa shape index (κ1) is 24.3. The first-order valence-electron chi connectivity index (χ1n) is 10.5. The molecular formula is C24H26ClN3O5. The van der Waals surface area contributed by atoms with Crippen molar-refractivity contribution in [3.63, 3.8) is 0 Å². The number of rotatable bonds is 7. The highest BCUT2D eigenvalue weighted by molar-refractivity contribution is 6.34. The summed E-state index contributed by atoms with van der Waals surface area (Å²) in [6, 6.07) is 9.35. The van der Waals surface area contributed by atoms with Crippen molar-refractivity contribution in [1.29, 1.82) is 0 Å². The minimum absolute atomic E-state index is 0.0151. The van der Waals surface area contributed by atoms with Crippen LogP contribution in [0.15, 0.2) is 42.5 Å². The van der Waals surface area contributed by atoms with E-state index in [4.69, 9.17) is 11.6 Å². The third-order valence-corrected chi connectivity index (χ3v) is 6.02. The molecule has 2 N–H and O–H groups in total. The van der Waals surface area contributed by atoms with E-state index < -0.39 is 30.0 Å². The van der Waals surface area contributed by atoms with Gasteiger partial charge in [-0.25, -0.2) is 14.5 Å². The summed E-state index contributed by atoms with van der Waals surface area (Å²) in [5, 5.41) is 12.4. The number of nitrogens with one attached hydrogen (secondary N) is 1. The molecule has 2 aromatic carbocycles. The molecule has 174 valence electrons. The van der Waals surface area contributed by atoms with Crippen LogP contribution in [-0.2, 0) is 16.0 Å². The number of hydrogen-bond donors (Lipinski definition) is 2. The largest absolute Gasteiger partial charge is 0.480 e. The van der Waals surface area contributed by atoms with Crippen LogP contribution in [0.5, 0.6) is 0 Å². The Morgan fingerprint density at radius 3 is 2.27 bits per heavy atom. The first-order chi connectivity index (χ1) is 15.5. The molecule has 0 radical (unpaired) electrons. The van der Waals surface area contributed by atoms with Crippen LogP contribution in [0, 0.1) is 12.8 Å². The van der Waals surface area contributed by atoms with Gasteiger partial charge >= 0.3 is 12.0 Å². The summed E-state index contributed by atoms with van der Waals surface area (Å²) in [4.78, 5) is 52.4. The lowest BCUT2D eigenvalue weighted by atomic mass is 10.0. The summed E-state index contributed by atoms with van der Waals surface area (Å²) < 4.78 is 0. The molecule has 33 heavy (non-hydrogen) atoms. The Labute approximate surface area is 197 Å². The molecule has 2 atom stereocenters. The van der Waals surface area contributed by atoms with Gasteiger partial charge in [0.25, 0.3) is 11.8 Å². The fraction of sp³-hybridized carbons (Fsp3) is 0.333. The molecule has 1 aliphatic rings. The lowest BCUT2D eigenvalue weighted by Crippen LogP contribution is -2.42. The zero-order valence-electron chi connectivity index (χ0n) is 18.8. The molecule has 1 fully saturated rings. The van der Waals surface area contributed by atoms with E-state index >= 15 is 0 Å². The lowest BCUT2D eigenvalue weighted by Gasteiger charge is -2.18. The number of aryl methyl sites for hydroxylation is 1. The average Bonchev–Trinajstić information content (AvgIpc) is 2.96. The van der Waals surface area contributed by atoms with Gasteiger partial charge in [-0.15, -0.1) is 0 Å². The van der Waals surface area contributed by atoms with Gasteiger partial charge in [0.15, 0.2) is 0 Å². The number of anilines is 1. The molecule has 1 saturated heterocycles. The van der Waals surface area contributed by atoms with Crippen LogP contribution >= 0.6 is 11.6 Å². The number of carboxylic acid groups (broad SMARTS) is 1. The van der Waals surface area contributed by atoms with Gasteiger partial charge in [0, 0.05) is 13.5 Å². The van der Waals surface area contributed by atoms with Crippen molar-refractivity contribution in [1.82, 2.24) is 10.2 Å². The highest BCUT2D eigenvalue weighted by Gasteiger charge is 2.45. The lowest BCUT2D eigenvalue weighted by molar-refractivity contribution is -0.139. The third kappa shape index (κ3) is 4.85. The van der Waals surface area contributed by atoms with Crippen molar-refractivity contribution < 1.29 is 24.3 Å². The highest BCUT2D eigenvalue weighted by atomic mass is 35.5. The minimum Gasteiger partial charge on any atom is -0.480 e. The van der Waals surface area contributed by atoms with Crippen LogP contribution in [0.4, 0.5) is 10.5 Å². The Balaban J connectivity index is 1.76. The van der Waals surface area contributed by atoms with Crippen molar-refractivity contribution in [3.05, 3.63) is 64.2 Å². The first-order valence-corrected chi connectivity index (χ1v) is 10.9. The van der Waals surface area contributed by atoms with Crippen LogP contribution < -0.4 is 10.2 Å². The van der Waals surface area contributed by atoms with Crippen molar-refractivity contribution >= 4 is 41.1 Å². The van der Waals surface area contributed by atoms with Crippen LogP contribution in [-0.4, -0.2) is 53.0 Å². The summed E-state index contributed by atoms with van der Waals surface area (Å²) in [7, 11) is 1.60. The Kier molecular flexibility index (Phi) is 7.07. The summed E-state index contributed by atoms with van der Waals surface area (Å²) in [6.45, 7) is 5.48. The second-order valence-corrected chi connectivity index (χ2v) is 8.83. The molecule has 0 bridgehead atoms. The fourth-order valence-corrected chi connectivity index (χ4v) is 4.31. The number of nitrogens with zero attached hydrogens (tertiary/aromatic N) is 2. The van der Waals surface area contributed by atoms with E-state index in [1.165, 1.54) is 4.90 Å². The molecule has 9 heteroatoms. The molecule has 0 saturated carbocycles. The number of likely N-dealkylation sites (N-methyl/N-ethyl adjacent to an activating group) is 1. The van der Waals surface area contributed by atoms with Crippen LogP contribution in [0.25, 0.3) is 0 Å². The standard InChI is InChI=1S/C24H26ClN3O5/c1-13(2)20-22(30)28(24(33)27(20)4)16-10-8-15(9-11-16)12-18(23(31)32)26-21(29)19-14(3)6-5-7-17(19)25/h5-11,13,18,20H,12H2,1-4H3,(H,26,29)(H,31,32). The topological polar surface area (TPSA) is 107 Å². The number of halogens is 1. The van der Waals surface area contributed by atoms with Gasteiger partial charge in [0.2, 0.25) is 0 Å². The molecule has 4 amide bonds. The Bertz CT molecular complexity index is 1080. The number of benzene rings is 2. The van der Waals surface area contributed by atoms with E-state index in [0.717, 1.165) is 4.90 Å². The second kappa shape index (κ2) is 9.62. The van der Waals surface area contributed by atoms with Gasteiger partial charge in [0.05, 0.1) is 16.3 Å². The summed E-state index contributed by atoms with van der Waals surface area (Å²) >= 11 is 6.12. The number of imide groups is 1. The normalized spacial score (nSPS) is 17.0. The zero-order valence-corrected chi connectivity index (χ0v) is 19.6. The second-order valence-electron chi connectivity index (χ2n) is 8.42. The SMILES string of the molecule is Cc1cccc(Cl)c1C(=O)NC(Cc1ccc(N2C(=O)C(C(C)C)N(C)C2=O)cc1)C(=O)O. The maximum atomic E-state index is 12.8. The van der Waals surface area contributed by atoms with Crippen molar-refractivity contribution in [2.45, 2.75) is 39.3 Å². The minimum atomic E-state index is -1.19. The molecule has 0 spiro atoms. The number of amides is 4. The van der Waals surface area contributed by atoms with Gasteiger partial charge in [0.1, 0.15) is 12.1 Å². The highest BCUT2D eigenvalue weighted by Crippen LogP contribution is 2.28. The van der Waals surface area contributed by atoms with Crippen LogP contribution in [0.1, 0.15) is 35.3 Å². The molecule has 1 aliphatic heterocycles. The summed E-state index contributed by atoms with van der Waals surface area (Å²) in [5.41, 5.74) is 1.90. The van der Waals surface area contributed by atoms with Crippen LogP contribution in [0.2, 0.25) is 5.02 Å². The molecule has 3 rings (SSSR count). The molecule has 2 unspecified atom stereocenters. The number of carboxylic acids is 1. The van der Waals surface area contributed by atoms with E-state index in [1.807, 2.05) is 13.8 Å². The maximum Gasteiger partial charge on any atom is 0.331 e. The Morgan fingerprint density at radius 2 is 1.76 bits per heavy atom. The van der Waals surface area contributed by atoms with Gasteiger partial charge in [-0.1, -0.05) is 49.7 Å². The Hall–Kier alpha value is -3.39. The maximum absolute atomic E-state index is 12.8. The van der Waals surface area contributed by atoms with E-state index in [0.29, 0.717) is 16.8 Å². The molecule has 0 aliphatic carbocycles. The van der Waals surface area contributed by atoms with Gasteiger partial charge in [-0.2, -0.15) is 0 Å². The molecule has 1 heterocycles. The average molecular weight is 472 g/mol. The van der Waals surface area contributed by atoms with Crippen molar-refractivity contribution in [2.75, 3.05) is 11.9 Å². The van der Waals surface area contributed by atoms with E-state index in [1.54, 1.807) is 56.4 Å². The molecule has 8 nitrogen and oxygen atoms in total. The predicted octanol–water partition coefficient (Wildman–Crippen LogP) is 3.50. The van der Waals surface area contributed by atoms with Crippen molar-refractivity contribution in [2.24, 2.45) is 5.92 Å². The molecule has 0 aromatic heterocycles. The van der Waals surface area contributed by atoms with Crippen molar-refractivity contribution in [3.8, 4) is 0 Å². The van der Waals surface area contributed by atoms with Gasteiger partial charge in [-0.05, 0) is 42.2 Å². The van der Waals surface area contributed by atoms with E-state index in [9.17, 15) is 24.3 Å². The smallest absolute Gasteiger partial charge is 0.331 e. The molecule has 2 aromatic rings. The van der Waals surface area contributed by atoms with E-state index in [2.05, 4.69) is 5.32 Å². The van der Waals surface area contributed by atoms with Gasteiger partial charge in [-0.3, -0.25) is 9.59 Å². The number of hydrogen-bond acceptors (Lipinski definition) is 4. The fourth-order valence-electron chi connectivity index (χ4n) is 4.01. The molecular weight excluding hydrogens is 446 g/mol. The number of urea groups is 1. The predicted molar refractivity (Wildman–Crippen MR) is 124 cm³/mol. The van der Waals surface area contributed by atoms with E-state index in [-0.39, 0.29) is 28.8 Å². The quantitative estimate of drug-likeness (QED) is 0.601. The van der Waals surface area contributed by atoms with Gasteiger partial charge < -0.3 is 15.3 Å². The summed E-state index contributed by atoms with van der Waals surface area (Å²) in [5.74, 6) is -2.09. The number of aliphatic carboxylic acids is 1. The Morgan fingerprint density at radius 1 is 1.12 bits per heavy atom.